The van der Waals surface area contributed by atoms with Crippen LogP contribution in [0.4, 0.5) is 14.6 Å². The molecule has 4 aromatic rings. The molecule has 1 saturated heterocycles. The molecule has 3 aromatic heterocycles. The lowest BCUT2D eigenvalue weighted by Crippen LogP contribution is -2.29. The van der Waals surface area contributed by atoms with Crippen molar-refractivity contribution in [3.8, 4) is 28.2 Å². The van der Waals surface area contributed by atoms with Gasteiger partial charge in [0.15, 0.2) is 17.5 Å². The summed E-state index contributed by atoms with van der Waals surface area (Å²) in [7, 11) is 0. The summed E-state index contributed by atoms with van der Waals surface area (Å²) < 4.78 is 31.8. The van der Waals surface area contributed by atoms with Crippen molar-refractivity contribution in [2.45, 2.75) is 25.8 Å². The Hall–Kier alpha value is -3.73. The van der Waals surface area contributed by atoms with E-state index in [1.165, 1.54) is 19.1 Å². The van der Waals surface area contributed by atoms with Gasteiger partial charge in [0.05, 0.1) is 17.8 Å². The summed E-state index contributed by atoms with van der Waals surface area (Å²) >= 11 is 0. The van der Waals surface area contributed by atoms with Gasteiger partial charge < -0.3 is 11.1 Å². The molecule has 0 spiro atoms. The number of hydrogen-bond donors (Lipinski definition) is 2. The van der Waals surface area contributed by atoms with Gasteiger partial charge in [0.25, 0.3) is 0 Å². The van der Waals surface area contributed by atoms with Gasteiger partial charge in [0.2, 0.25) is 0 Å². The third-order valence-corrected chi connectivity index (χ3v) is 5.73. The van der Waals surface area contributed by atoms with Gasteiger partial charge in [-0.05, 0) is 61.0 Å². The molecule has 9 nitrogen and oxygen atoms in total. The Morgan fingerprint density at radius 1 is 1.09 bits per heavy atom. The fraction of sp³-hybridized carbons (Fsp3) is 0.286. The van der Waals surface area contributed by atoms with E-state index < -0.39 is 11.6 Å². The van der Waals surface area contributed by atoms with Gasteiger partial charge in [0.1, 0.15) is 11.5 Å². The maximum absolute atomic E-state index is 14.6. The molecule has 3 N–H and O–H groups in total. The van der Waals surface area contributed by atoms with E-state index in [-0.39, 0.29) is 22.9 Å². The number of aromatic nitrogens is 7. The zero-order valence-corrected chi connectivity index (χ0v) is 17.3. The quantitative estimate of drug-likeness (QED) is 0.505. The minimum absolute atomic E-state index is 0.114. The summed E-state index contributed by atoms with van der Waals surface area (Å²) in [6.45, 7) is 3.41. The van der Waals surface area contributed by atoms with Gasteiger partial charge in [-0.15, -0.1) is 5.10 Å². The zero-order chi connectivity index (χ0) is 22.2. The highest BCUT2D eigenvalue weighted by Crippen LogP contribution is 2.31. The van der Waals surface area contributed by atoms with E-state index in [0.29, 0.717) is 11.6 Å². The second-order valence-electron chi connectivity index (χ2n) is 7.79. The number of anilines is 1. The van der Waals surface area contributed by atoms with Crippen LogP contribution in [0.2, 0.25) is 0 Å². The minimum Gasteiger partial charge on any atom is -0.383 e. The van der Waals surface area contributed by atoms with Crippen LogP contribution in [0.25, 0.3) is 28.2 Å². The number of aryl methyl sites for hydroxylation is 1. The average molecular weight is 437 g/mol. The highest BCUT2D eigenvalue weighted by atomic mass is 19.2. The summed E-state index contributed by atoms with van der Waals surface area (Å²) in [6, 6.07) is 5.01. The first kappa shape index (κ1) is 20.2. The molecule has 11 heteroatoms. The molecule has 0 atom stereocenters. The van der Waals surface area contributed by atoms with Gasteiger partial charge in [0, 0.05) is 23.5 Å². The molecular weight excluding hydrogens is 416 g/mol. The molecule has 0 unspecified atom stereocenters. The Labute approximate surface area is 182 Å². The highest BCUT2D eigenvalue weighted by molar-refractivity contribution is 5.76. The summed E-state index contributed by atoms with van der Waals surface area (Å²) in [4.78, 5) is 4.28. The smallest absolute Gasteiger partial charge is 0.190 e. The van der Waals surface area contributed by atoms with Crippen LogP contribution in [0.5, 0.6) is 0 Å². The molecule has 4 heterocycles. The van der Waals surface area contributed by atoms with Gasteiger partial charge in [-0.25, -0.2) is 13.8 Å². The number of hydrogen-bond acceptors (Lipinski definition) is 7. The molecule has 0 bridgehead atoms. The highest BCUT2D eigenvalue weighted by Gasteiger charge is 2.21. The van der Waals surface area contributed by atoms with Crippen molar-refractivity contribution in [1.29, 1.82) is 0 Å². The van der Waals surface area contributed by atoms with Gasteiger partial charge in [-0.2, -0.15) is 9.78 Å². The van der Waals surface area contributed by atoms with Gasteiger partial charge in [-0.3, -0.25) is 4.68 Å². The van der Waals surface area contributed by atoms with Crippen LogP contribution in [0, 0.1) is 18.6 Å². The summed E-state index contributed by atoms with van der Waals surface area (Å²) in [6.07, 6.45) is 7.42. The number of nitrogens with one attached hydrogen (secondary N) is 1. The van der Waals surface area contributed by atoms with E-state index in [4.69, 9.17) is 5.73 Å². The van der Waals surface area contributed by atoms with E-state index in [1.54, 1.807) is 18.5 Å². The first-order valence-electron chi connectivity index (χ1n) is 10.3. The predicted molar refractivity (Wildman–Crippen MR) is 114 cm³/mol. The number of rotatable bonds is 4. The van der Waals surface area contributed by atoms with Crippen molar-refractivity contribution >= 4 is 5.82 Å². The molecular formula is C21H21F2N9. The summed E-state index contributed by atoms with van der Waals surface area (Å²) in [5.74, 6) is -1.66. The SMILES string of the molecule is Cc1ccc(-n2nnnc2-c2cc(-c3cnn(C4CCNCC4)c3)cnc2N)c(F)c1F. The molecule has 5 rings (SSSR count). The predicted octanol–water partition coefficient (Wildman–Crippen LogP) is 2.68. The number of benzene rings is 1. The minimum atomic E-state index is -1.04. The van der Waals surface area contributed by atoms with Crippen LogP contribution in [0.15, 0.2) is 36.8 Å². The second kappa shape index (κ2) is 8.08. The van der Waals surface area contributed by atoms with Crippen molar-refractivity contribution < 1.29 is 8.78 Å². The Bertz CT molecular complexity index is 1270. The second-order valence-corrected chi connectivity index (χ2v) is 7.79. The van der Waals surface area contributed by atoms with Crippen LogP contribution >= 0.6 is 0 Å². The van der Waals surface area contributed by atoms with Crippen LogP contribution in [0.1, 0.15) is 24.4 Å². The number of halogens is 2. The Kier molecular flexibility index (Phi) is 5.10. The van der Waals surface area contributed by atoms with Crippen molar-refractivity contribution in [3.05, 3.63) is 54.0 Å². The average Bonchev–Trinajstić information content (AvgIpc) is 3.49. The topological polar surface area (TPSA) is 112 Å². The van der Waals surface area contributed by atoms with E-state index in [0.717, 1.165) is 41.7 Å². The Morgan fingerprint density at radius 2 is 1.91 bits per heavy atom. The molecule has 1 aliphatic rings. The molecule has 1 fully saturated rings. The fourth-order valence-electron chi connectivity index (χ4n) is 3.89. The number of nitrogens with zero attached hydrogens (tertiary/aromatic N) is 7. The van der Waals surface area contributed by atoms with Gasteiger partial charge >= 0.3 is 0 Å². The normalized spacial score (nSPS) is 14.7. The standard InChI is InChI=1S/C21H21F2N9/c1-12-2-3-17(19(23)18(12)22)32-21(28-29-30-32)16-8-13(9-26-20(16)24)14-10-27-31(11-14)15-4-6-25-7-5-15/h2-3,8-11,15,25H,4-7H2,1H3,(H2,24,26). The molecule has 0 aliphatic carbocycles. The lowest BCUT2D eigenvalue weighted by atomic mass is 10.1. The first-order chi connectivity index (χ1) is 15.5. The third kappa shape index (κ3) is 3.50. The van der Waals surface area contributed by atoms with Crippen molar-refractivity contribution in [2.24, 2.45) is 0 Å². The first-order valence-corrected chi connectivity index (χ1v) is 10.3. The van der Waals surface area contributed by atoms with Crippen LogP contribution in [-0.2, 0) is 0 Å². The molecule has 1 aromatic carbocycles. The van der Waals surface area contributed by atoms with Crippen LogP contribution < -0.4 is 11.1 Å². The van der Waals surface area contributed by atoms with E-state index in [1.807, 2.05) is 10.9 Å². The van der Waals surface area contributed by atoms with Gasteiger partial charge in [-0.1, -0.05) is 6.07 Å². The molecule has 1 aliphatic heterocycles. The molecule has 164 valence electrons. The number of nitrogens with two attached hydrogens (primary N) is 1. The third-order valence-electron chi connectivity index (χ3n) is 5.73. The number of pyridine rings is 1. The lowest BCUT2D eigenvalue weighted by Gasteiger charge is -2.22. The van der Waals surface area contributed by atoms with E-state index >= 15 is 0 Å². The number of nitrogen functional groups attached to an aromatic ring is 1. The number of piperidine rings is 1. The Morgan fingerprint density at radius 3 is 2.72 bits per heavy atom. The number of tetrazole rings is 1. The monoisotopic (exact) mass is 437 g/mol. The van der Waals surface area contributed by atoms with Crippen molar-refractivity contribution in [3.63, 3.8) is 0 Å². The Balaban J connectivity index is 1.53. The molecule has 0 saturated carbocycles. The van der Waals surface area contributed by atoms with Crippen molar-refractivity contribution in [2.75, 3.05) is 18.8 Å². The molecule has 0 amide bonds. The maximum Gasteiger partial charge on any atom is 0.190 e. The van der Waals surface area contributed by atoms with E-state index in [9.17, 15) is 8.78 Å². The zero-order valence-electron chi connectivity index (χ0n) is 17.3. The summed E-state index contributed by atoms with van der Waals surface area (Å²) in [5.41, 5.74) is 8.21. The van der Waals surface area contributed by atoms with Crippen LogP contribution in [0.3, 0.4) is 0 Å². The largest absolute Gasteiger partial charge is 0.383 e. The lowest BCUT2D eigenvalue weighted by molar-refractivity contribution is 0.343. The fourth-order valence-corrected chi connectivity index (χ4v) is 3.89. The molecule has 32 heavy (non-hydrogen) atoms. The summed E-state index contributed by atoms with van der Waals surface area (Å²) in [5, 5.41) is 19.4. The van der Waals surface area contributed by atoms with Crippen molar-refractivity contribution in [1.82, 2.24) is 40.3 Å². The van der Waals surface area contributed by atoms with E-state index in [2.05, 4.69) is 30.9 Å². The molecule has 0 radical (unpaired) electrons. The van der Waals surface area contributed by atoms with Crippen LogP contribution in [-0.4, -0.2) is 48.1 Å². The maximum atomic E-state index is 14.6.